The van der Waals surface area contributed by atoms with Crippen LogP contribution >= 0.6 is 0 Å². The molecule has 0 atom stereocenters. The highest BCUT2D eigenvalue weighted by atomic mass is 16.2. The molecule has 0 unspecified atom stereocenters. The van der Waals surface area contributed by atoms with Crippen molar-refractivity contribution >= 4 is 11.9 Å². The second kappa shape index (κ2) is 8.19. The fourth-order valence-corrected chi connectivity index (χ4v) is 1.69. The normalized spacial score (nSPS) is 11.1. The summed E-state index contributed by atoms with van der Waals surface area (Å²) in [7, 11) is 5.44. The Hall–Kier alpha value is -2.04. The molecule has 0 saturated heterocycles. The molecule has 0 aliphatic heterocycles. The summed E-state index contributed by atoms with van der Waals surface area (Å²) in [6, 6.07) is 10.2. The average Bonchev–Trinajstić information content (AvgIpc) is 2.43. The number of hydrogen-bond donors (Lipinski definition) is 1. The molecule has 0 bridgehead atoms. The molecule has 1 amide bonds. The number of carbonyl (C=O) groups excluding carboxylic acids is 1. The number of rotatable bonds is 5. The van der Waals surface area contributed by atoms with Crippen LogP contribution in [0.2, 0.25) is 0 Å². The maximum absolute atomic E-state index is 11.6. The van der Waals surface area contributed by atoms with E-state index in [2.05, 4.69) is 22.4 Å². The summed E-state index contributed by atoms with van der Waals surface area (Å²) in [4.78, 5) is 19.5. The molecule has 20 heavy (non-hydrogen) atoms. The molecule has 0 aromatic heterocycles. The van der Waals surface area contributed by atoms with Gasteiger partial charge in [0, 0.05) is 34.2 Å². The van der Waals surface area contributed by atoms with Gasteiger partial charge in [-0.1, -0.05) is 30.3 Å². The zero-order valence-electron chi connectivity index (χ0n) is 12.8. The lowest BCUT2D eigenvalue weighted by molar-refractivity contribution is -0.127. The number of amides is 1. The predicted octanol–water partition coefficient (Wildman–Crippen LogP) is 1.17. The average molecular weight is 276 g/mol. The van der Waals surface area contributed by atoms with E-state index in [-0.39, 0.29) is 12.5 Å². The minimum atomic E-state index is -0.00601. The van der Waals surface area contributed by atoms with E-state index >= 15 is 0 Å². The third-order valence-corrected chi connectivity index (χ3v) is 2.82. The lowest BCUT2D eigenvalue weighted by atomic mass is 10.2. The van der Waals surface area contributed by atoms with Gasteiger partial charge in [0.15, 0.2) is 5.96 Å². The minimum Gasteiger partial charge on any atom is -0.357 e. The summed E-state index contributed by atoms with van der Waals surface area (Å²) >= 11 is 0. The van der Waals surface area contributed by atoms with Crippen molar-refractivity contribution in [3.63, 3.8) is 0 Å². The zero-order chi connectivity index (χ0) is 15.0. The summed E-state index contributed by atoms with van der Waals surface area (Å²) < 4.78 is 0. The quantitative estimate of drug-likeness (QED) is 0.649. The topological polar surface area (TPSA) is 47.9 Å². The van der Waals surface area contributed by atoms with E-state index in [1.54, 1.807) is 19.0 Å². The monoisotopic (exact) mass is 276 g/mol. The zero-order valence-corrected chi connectivity index (χ0v) is 12.8. The van der Waals surface area contributed by atoms with Crippen LogP contribution in [0.25, 0.3) is 0 Å². The number of aliphatic imine (C=N–C) groups is 1. The van der Waals surface area contributed by atoms with Gasteiger partial charge in [-0.15, -0.1) is 0 Å². The second-order valence-corrected chi connectivity index (χ2v) is 4.80. The van der Waals surface area contributed by atoms with Crippen LogP contribution in [0.15, 0.2) is 35.3 Å². The number of likely N-dealkylation sites (N-methyl/N-ethyl adjacent to an activating group) is 1. The van der Waals surface area contributed by atoms with E-state index in [4.69, 9.17) is 0 Å². The molecule has 0 spiro atoms. The van der Waals surface area contributed by atoms with E-state index in [0.29, 0.717) is 0 Å². The highest BCUT2D eigenvalue weighted by Gasteiger charge is 2.08. The molecule has 110 valence electrons. The van der Waals surface area contributed by atoms with Crippen LogP contribution in [-0.2, 0) is 11.3 Å². The van der Waals surface area contributed by atoms with Crippen molar-refractivity contribution in [2.45, 2.75) is 13.5 Å². The molecule has 0 aliphatic rings. The van der Waals surface area contributed by atoms with Crippen molar-refractivity contribution in [2.24, 2.45) is 4.99 Å². The first-order valence-corrected chi connectivity index (χ1v) is 6.78. The van der Waals surface area contributed by atoms with Crippen LogP contribution in [-0.4, -0.2) is 55.9 Å². The van der Waals surface area contributed by atoms with Crippen molar-refractivity contribution in [3.8, 4) is 0 Å². The lowest BCUT2D eigenvalue weighted by Crippen LogP contribution is -2.39. The van der Waals surface area contributed by atoms with Crippen LogP contribution < -0.4 is 5.32 Å². The highest BCUT2D eigenvalue weighted by molar-refractivity contribution is 5.84. The summed E-state index contributed by atoms with van der Waals surface area (Å²) in [6.07, 6.45) is 0. The highest BCUT2D eigenvalue weighted by Crippen LogP contribution is 2.02. The molecule has 0 aliphatic carbocycles. The van der Waals surface area contributed by atoms with Crippen molar-refractivity contribution in [1.29, 1.82) is 0 Å². The van der Waals surface area contributed by atoms with Crippen molar-refractivity contribution < 1.29 is 4.79 Å². The Morgan fingerprint density at radius 1 is 1.20 bits per heavy atom. The lowest BCUT2D eigenvalue weighted by Gasteiger charge is -2.22. The maximum atomic E-state index is 11.6. The van der Waals surface area contributed by atoms with E-state index in [1.165, 1.54) is 5.56 Å². The van der Waals surface area contributed by atoms with Crippen LogP contribution in [0.4, 0.5) is 0 Å². The molecular formula is C15H24N4O. The number of benzene rings is 1. The van der Waals surface area contributed by atoms with Gasteiger partial charge >= 0.3 is 0 Å². The fourth-order valence-electron chi connectivity index (χ4n) is 1.69. The Morgan fingerprint density at radius 2 is 1.85 bits per heavy atom. The van der Waals surface area contributed by atoms with Crippen LogP contribution in [0.1, 0.15) is 12.5 Å². The number of carbonyl (C=O) groups is 1. The molecular weight excluding hydrogens is 252 g/mol. The Bertz CT molecular complexity index is 442. The van der Waals surface area contributed by atoms with Crippen LogP contribution in [0, 0.1) is 0 Å². The molecule has 0 fully saturated rings. The minimum absolute atomic E-state index is 0.00601. The number of guanidine groups is 1. The molecule has 0 saturated carbocycles. The SMILES string of the molecule is CCNC(=NCC(=O)N(C)C)N(C)Cc1ccccc1. The van der Waals surface area contributed by atoms with Crippen molar-refractivity contribution in [3.05, 3.63) is 35.9 Å². The first kappa shape index (κ1) is 16.0. The first-order valence-electron chi connectivity index (χ1n) is 6.78. The smallest absolute Gasteiger partial charge is 0.243 e. The molecule has 1 rings (SSSR count). The van der Waals surface area contributed by atoms with E-state index in [1.807, 2.05) is 37.1 Å². The van der Waals surface area contributed by atoms with E-state index < -0.39 is 0 Å². The van der Waals surface area contributed by atoms with Gasteiger partial charge in [0.05, 0.1) is 0 Å². The van der Waals surface area contributed by atoms with E-state index in [0.717, 1.165) is 19.0 Å². The van der Waals surface area contributed by atoms with Gasteiger partial charge in [-0.2, -0.15) is 0 Å². The molecule has 0 heterocycles. The predicted molar refractivity (Wildman–Crippen MR) is 82.6 cm³/mol. The molecule has 5 heteroatoms. The maximum Gasteiger partial charge on any atom is 0.243 e. The van der Waals surface area contributed by atoms with Gasteiger partial charge in [-0.05, 0) is 12.5 Å². The Labute approximate surface area is 121 Å². The van der Waals surface area contributed by atoms with E-state index in [9.17, 15) is 4.79 Å². The van der Waals surface area contributed by atoms with Gasteiger partial charge in [0.2, 0.25) is 5.91 Å². The molecule has 0 radical (unpaired) electrons. The number of nitrogens with one attached hydrogen (secondary N) is 1. The molecule has 1 aromatic rings. The molecule has 5 nitrogen and oxygen atoms in total. The van der Waals surface area contributed by atoms with Crippen molar-refractivity contribution in [2.75, 3.05) is 34.2 Å². The Balaban J connectivity index is 2.69. The molecule has 1 N–H and O–H groups in total. The molecule has 1 aromatic carbocycles. The summed E-state index contributed by atoms with van der Waals surface area (Å²) in [5.41, 5.74) is 1.21. The third-order valence-electron chi connectivity index (χ3n) is 2.82. The van der Waals surface area contributed by atoms with Gasteiger partial charge in [-0.25, -0.2) is 4.99 Å². The second-order valence-electron chi connectivity index (χ2n) is 4.80. The van der Waals surface area contributed by atoms with Crippen LogP contribution in [0.3, 0.4) is 0 Å². The number of hydrogen-bond acceptors (Lipinski definition) is 2. The standard InChI is InChI=1S/C15H24N4O/c1-5-16-15(17-11-14(20)18(2)3)19(4)12-13-9-7-6-8-10-13/h6-10H,5,11-12H2,1-4H3,(H,16,17). The first-order chi connectivity index (χ1) is 9.54. The van der Waals surface area contributed by atoms with Gasteiger partial charge < -0.3 is 15.1 Å². The summed E-state index contributed by atoms with van der Waals surface area (Å²) in [6.45, 7) is 3.70. The summed E-state index contributed by atoms with van der Waals surface area (Å²) in [5, 5.41) is 3.20. The Kier molecular flexibility index (Phi) is 6.56. The number of nitrogens with zero attached hydrogens (tertiary/aromatic N) is 3. The largest absolute Gasteiger partial charge is 0.357 e. The van der Waals surface area contributed by atoms with Gasteiger partial charge in [0.1, 0.15) is 6.54 Å². The van der Waals surface area contributed by atoms with Gasteiger partial charge in [-0.3, -0.25) is 4.79 Å². The van der Waals surface area contributed by atoms with Gasteiger partial charge in [0.25, 0.3) is 0 Å². The van der Waals surface area contributed by atoms with Crippen LogP contribution in [0.5, 0.6) is 0 Å². The fraction of sp³-hybridized carbons (Fsp3) is 0.467. The third kappa shape index (κ3) is 5.30. The van der Waals surface area contributed by atoms with Crippen molar-refractivity contribution in [1.82, 2.24) is 15.1 Å². The summed E-state index contributed by atoms with van der Waals surface area (Å²) in [5.74, 6) is 0.736. The Morgan fingerprint density at radius 3 is 2.40 bits per heavy atom.